The van der Waals surface area contributed by atoms with E-state index in [4.69, 9.17) is 0 Å². The highest BCUT2D eigenvalue weighted by atomic mass is 19.4. The van der Waals surface area contributed by atoms with Crippen molar-refractivity contribution in [2.75, 3.05) is 12.4 Å². The molecule has 1 aromatic carbocycles. The van der Waals surface area contributed by atoms with Crippen LogP contribution in [0.5, 0.6) is 0 Å². The van der Waals surface area contributed by atoms with Gasteiger partial charge in [-0.2, -0.15) is 18.4 Å². The van der Waals surface area contributed by atoms with E-state index in [9.17, 15) is 23.2 Å². The maximum absolute atomic E-state index is 13.3. The number of fused-ring (bicyclic) bond motifs is 1. The van der Waals surface area contributed by atoms with Crippen LogP contribution in [0.3, 0.4) is 0 Å². The van der Waals surface area contributed by atoms with E-state index in [2.05, 4.69) is 20.3 Å². The van der Waals surface area contributed by atoms with E-state index in [0.29, 0.717) is 28.0 Å². The quantitative estimate of drug-likeness (QED) is 0.478. The van der Waals surface area contributed by atoms with Crippen molar-refractivity contribution in [3.05, 3.63) is 75.7 Å². The van der Waals surface area contributed by atoms with Gasteiger partial charge in [-0.3, -0.25) is 4.79 Å². The third kappa shape index (κ3) is 3.90. The molecular weight excluding hydrogens is 419 g/mol. The van der Waals surface area contributed by atoms with Gasteiger partial charge in [-0.15, -0.1) is 0 Å². The van der Waals surface area contributed by atoms with Gasteiger partial charge < -0.3 is 10.3 Å². The predicted octanol–water partition coefficient (Wildman–Crippen LogP) is 4.89. The Morgan fingerprint density at radius 2 is 1.81 bits per heavy atom. The Kier molecular flexibility index (Phi) is 5.14. The van der Waals surface area contributed by atoms with E-state index >= 15 is 0 Å². The van der Waals surface area contributed by atoms with Crippen LogP contribution in [0.15, 0.2) is 53.3 Å². The number of nitrogens with zero attached hydrogens (tertiary/aromatic N) is 3. The van der Waals surface area contributed by atoms with E-state index in [0.717, 1.165) is 23.4 Å². The molecule has 6 nitrogen and oxygen atoms in total. The lowest BCUT2D eigenvalue weighted by Gasteiger charge is -2.15. The molecule has 0 saturated heterocycles. The first-order valence-electron chi connectivity index (χ1n) is 9.52. The number of H-pyrrole nitrogens is 1. The summed E-state index contributed by atoms with van der Waals surface area (Å²) in [5, 5.41) is 12.9. The van der Waals surface area contributed by atoms with Gasteiger partial charge in [-0.1, -0.05) is 6.07 Å². The van der Waals surface area contributed by atoms with Gasteiger partial charge in [0.1, 0.15) is 11.5 Å². The Hall–Kier alpha value is -4.19. The van der Waals surface area contributed by atoms with Crippen molar-refractivity contribution in [1.82, 2.24) is 15.0 Å². The van der Waals surface area contributed by atoms with E-state index in [1.165, 1.54) is 12.1 Å². The molecule has 32 heavy (non-hydrogen) atoms. The fraction of sp³-hybridized carbons (Fsp3) is 0.130. The molecule has 0 atom stereocenters. The van der Waals surface area contributed by atoms with Gasteiger partial charge in [0.05, 0.1) is 22.9 Å². The lowest BCUT2D eigenvalue weighted by Crippen LogP contribution is -2.08. The monoisotopic (exact) mass is 435 g/mol. The fourth-order valence-electron chi connectivity index (χ4n) is 3.50. The highest BCUT2D eigenvalue weighted by Crippen LogP contribution is 2.37. The number of aromatic amines is 1. The van der Waals surface area contributed by atoms with Gasteiger partial charge in [0.25, 0.3) is 0 Å². The fourth-order valence-corrected chi connectivity index (χ4v) is 3.50. The Morgan fingerprint density at radius 3 is 2.50 bits per heavy atom. The zero-order valence-corrected chi connectivity index (χ0v) is 17.0. The topological polar surface area (TPSA) is 94.5 Å². The minimum Gasteiger partial charge on any atom is -0.373 e. The van der Waals surface area contributed by atoms with Crippen LogP contribution in [-0.2, 0) is 6.18 Å². The Labute approximate surface area is 180 Å². The average molecular weight is 435 g/mol. The molecule has 0 saturated carbocycles. The third-order valence-electron chi connectivity index (χ3n) is 4.95. The molecule has 0 spiro atoms. The molecule has 4 aromatic rings. The van der Waals surface area contributed by atoms with Crippen molar-refractivity contribution in [3.63, 3.8) is 0 Å². The van der Waals surface area contributed by atoms with Crippen LogP contribution >= 0.6 is 0 Å². The van der Waals surface area contributed by atoms with Gasteiger partial charge >= 0.3 is 6.18 Å². The highest BCUT2D eigenvalue weighted by molar-refractivity contribution is 5.90. The van der Waals surface area contributed by atoms with Crippen molar-refractivity contribution in [1.29, 1.82) is 5.26 Å². The van der Waals surface area contributed by atoms with Crippen LogP contribution in [0.25, 0.3) is 33.4 Å². The van der Waals surface area contributed by atoms with Crippen LogP contribution < -0.4 is 10.9 Å². The summed E-state index contributed by atoms with van der Waals surface area (Å²) in [5.41, 5.74) is 1.13. The molecule has 9 heteroatoms. The molecule has 0 aliphatic carbocycles. The number of nitrogens with one attached hydrogen (secondary N) is 2. The van der Waals surface area contributed by atoms with Gasteiger partial charge in [0.2, 0.25) is 5.56 Å². The van der Waals surface area contributed by atoms with Crippen LogP contribution in [0.4, 0.5) is 19.0 Å². The largest absolute Gasteiger partial charge is 0.417 e. The van der Waals surface area contributed by atoms with Gasteiger partial charge in [-0.25, -0.2) is 9.97 Å². The summed E-state index contributed by atoms with van der Waals surface area (Å²) >= 11 is 0. The van der Waals surface area contributed by atoms with Crippen molar-refractivity contribution in [3.8, 4) is 28.5 Å². The molecule has 0 bridgehead atoms. The smallest absolute Gasteiger partial charge is 0.373 e. The van der Waals surface area contributed by atoms with E-state index in [1.807, 2.05) is 13.0 Å². The minimum absolute atomic E-state index is 0.286. The first-order chi connectivity index (χ1) is 15.2. The summed E-state index contributed by atoms with van der Waals surface area (Å²) in [6.45, 7) is 1.82. The van der Waals surface area contributed by atoms with Crippen LogP contribution in [-0.4, -0.2) is 22.0 Å². The van der Waals surface area contributed by atoms with Gasteiger partial charge in [0, 0.05) is 35.3 Å². The van der Waals surface area contributed by atoms with E-state index < -0.39 is 17.3 Å². The standard InChI is InChI=1S/C23H16F3N5O/c1-12-7-15(10-19(28-2)29-12)17-9-14-4-6-20(32)30-22(14)31-21(17)13-3-5-18(23(24,25)26)16(8-13)11-27/h3-10H,1-2H3,(H,28,29)(H,30,31,32). The molecule has 4 rings (SSSR count). The number of nitriles is 1. The first-order valence-corrected chi connectivity index (χ1v) is 9.52. The SMILES string of the molecule is CNc1cc(-c2cc3ccc(=O)[nH]c3nc2-c2ccc(C(F)(F)F)c(C#N)c2)cc(C)n1. The predicted molar refractivity (Wildman–Crippen MR) is 115 cm³/mol. The van der Waals surface area contributed by atoms with E-state index in [1.54, 1.807) is 31.3 Å². The summed E-state index contributed by atoms with van der Waals surface area (Å²) in [7, 11) is 1.73. The summed E-state index contributed by atoms with van der Waals surface area (Å²) in [6.07, 6.45) is -4.65. The molecule has 0 fully saturated rings. The molecule has 3 heterocycles. The average Bonchev–Trinajstić information content (AvgIpc) is 2.76. The Morgan fingerprint density at radius 1 is 1.03 bits per heavy atom. The lowest BCUT2D eigenvalue weighted by atomic mass is 9.95. The van der Waals surface area contributed by atoms with Crippen molar-refractivity contribution >= 4 is 16.9 Å². The minimum atomic E-state index is -4.65. The molecule has 0 amide bonds. The number of anilines is 1. The number of hydrogen-bond donors (Lipinski definition) is 2. The maximum atomic E-state index is 13.3. The second-order valence-corrected chi connectivity index (χ2v) is 7.15. The molecule has 0 unspecified atom stereocenters. The van der Waals surface area contributed by atoms with Crippen LogP contribution in [0.1, 0.15) is 16.8 Å². The number of pyridine rings is 3. The highest BCUT2D eigenvalue weighted by Gasteiger charge is 2.33. The maximum Gasteiger partial charge on any atom is 0.417 e. The lowest BCUT2D eigenvalue weighted by molar-refractivity contribution is -0.137. The number of alkyl halides is 3. The molecule has 2 N–H and O–H groups in total. The number of rotatable bonds is 3. The van der Waals surface area contributed by atoms with Gasteiger partial charge in [0.15, 0.2) is 0 Å². The Bertz CT molecular complexity index is 1450. The van der Waals surface area contributed by atoms with Crippen molar-refractivity contribution < 1.29 is 13.2 Å². The van der Waals surface area contributed by atoms with Crippen LogP contribution in [0, 0.1) is 18.3 Å². The third-order valence-corrected chi connectivity index (χ3v) is 4.95. The van der Waals surface area contributed by atoms with Gasteiger partial charge in [-0.05, 0) is 48.9 Å². The number of halogens is 3. The molecule has 0 aliphatic heterocycles. The van der Waals surface area contributed by atoms with Crippen molar-refractivity contribution in [2.45, 2.75) is 13.1 Å². The molecule has 0 radical (unpaired) electrons. The zero-order valence-electron chi connectivity index (χ0n) is 17.0. The Balaban J connectivity index is 2.04. The number of aryl methyl sites for hydroxylation is 1. The zero-order chi connectivity index (χ0) is 23.0. The number of hydrogen-bond acceptors (Lipinski definition) is 5. The molecule has 3 aromatic heterocycles. The second-order valence-electron chi connectivity index (χ2n) is 7.15. The number of aromatic nitrogens is 3. The van der Waals surface area contributed by atoms with Crippen LogP contribution in [0.2, 0.25) is 0 Å². The summed E-state index contributed by atoms with van der Waals surface area (Å²) in [4.78, 5) is 23.4. The molecule has 160 valence electrons. The molecular formula is C23H16F3N5O. The first kappa shape index (κ1) is 21.1. The summed E-state index contributed by atoms with van der Waals surface area (Å²) in [5.74, 6) is 0.609. The summed E-state index contributed by atoms with van der Waals surface area (Å²) < 4.78 is 39.8. The normalized spacial score (nSPS) is 11.4. The summed E-state index contributed by atoms with van der Waals surface area (Å²) in [6, 6.07) is 13.3. The second kappa shape index (κ2) is 7.81. The molecule has 0 aliphatic rings. The van der Waals surface area contributed by atoms with E-state index in [-0.39, 0.29) is 11.2 Å². The number of benzene rings is 1. The van der Waals surface area contributed by atoms with Crippen molar-refractivity contribution in [2.24, 2.45) is 0 Å².